The number of hydrogen-bond donors (Lipinski definition) is 1. The molecular weight excluding hydrogens is 218 g/mol. The van der Waals surface area contributed by atoms with E-state index in [4.69, 9.17) is 9.47 Å². The van der Waals surface area contributed by atoms with Crippen molar-refractivity contribution in [2.45, 2.75) is 26.0 Å². The van der Waals surface area contributed by atoms with Gasteiger partial charge in [-0.25, -0.2) is 0 Å². The molecule has 1 aliphatic rings. The van der Waals surface area contributed by atoms with Gasteiger partial charge in [-0.05, 0) is 19.9 Å². The summed E-state index contributed by atoms with van der Waals surface area (Å²) < 4.78 is 10.7. The molecule has 0 spiro atoms. The molecule has 0 saturated carbocycles. The van der Waals surface area contributed by atoms with E-state index in [9.17, 15) is 4.79 Å². The molecule has 0 saturated heterocycles. The highest BCUT2D eigenvalue weighted by molar-refractivity contribution is 5.78. The van der Waals surface area contributed by atoms with Crippen LogP contribution in [-0.4, -0.2) is 25.2 Å². The zero-order valence-electron chi connectivity index (χ0n) is 10.1. The van der Waals surface area contributed by atoms with Gasteiger partial charge in [0, 0.05) is 5.56 Å². The molecule has 1 aliphatic heterocycles. The molecule has 0 fully saturated rings. The maximum absolute atomic E-state index is 11.6. The number of rotatable bonds is 4. The van der Waals surface area contributed by atoms with E-state index in [2.05, 4.69) is 5.32 Å². The van der Waals surface area contributed by atoms with Crippen molar-refractivity contribution in [3.05, 3.63) is 29.8 Å². The third-order valence-corrected chi connectivity index (χ3v) is 2.58. The average molecular weight is 235 g/mol. The van der Waals surface area contributed by atoms with Crippen molar-refractivity contribution in [1.29, 1.82) is 0 Å². The highest BCUT2D eigenvalue weighted by Crippen LogP contribution is 2.31. The van der Waals surface area contributed by atoms with E-state index in [1.807, 2.05) is 38.1 Å². The summed E-state index contributed by atoms with van der Waals surface area (Å²) in [6.45, 7) is 4.39. The van der Waals surface area contributed by atoms with Gasteiger partial charge in [0.15, 0.2) is 0 Å². The molecule has 0 aromatic heterocycles. The predicted octanol–water partition coefficient (Wildman–Crippen LogP) is 1.66. The molecule has 2 rings (SSSR count). The Morgan fingerprint density at radius 3 is 3.06 bits per heavy atom. The fourth-order valence-electron chi connectivity index (χ4n) is 1.76. The molecule has 1 aromatic rings. The molecule has 1 atom stereocenters. The van der Waals surface area contributed by atoms with Gasteiger partial charge in [0.05, 0.1) is 12.1 Å². The van der Waals surface area contributed by atoms with Crippen LogP contribution in [0.4, 0.5) is 0 Å². The molecule has 0 radical (unpaired) electrons. The monoisotopic (exact) mass is 235 g/mol. The zero-order chi connectivity index (χ0) is 12.3. The van der Waals surface area contributed by atoms with Gasteiger partial charge in [0.1, 0.15) is 19.0 Å². The van der Waals surface area contributed by atoms with Crippen LogP contribution in [-0.2, 0) is 9.53 Å². The summed E-state index contributed by atoms with van der Waals surface area (Å²) in [6, 6.07) is 7.68. The summed E-state index contributed by atoms with van der Waals surface area (Å²) in [5.41, 5.74) is 1.03. The van der Waals surface area contributed by atoms with Crippen LogP contribution in [0.1, 0.15) is 25.5 Å². The second kappa shape index (κ2) is 5.19. The second-order valence-electron chi connectivity index (χ2n) is 4.33. The molecule has 1 aromatic carbocycles. The Balaban J connectivity index is 1.91. The van der Waals surface area contributed by atoms with Crippen LogP contribution < -0.4 is 10.1 Å². The SMILES string of the molecule is CC(C)OCC(=O)NC1COc2ccccc21. The Bertz CT molecular complexity index is 403. The van der Waals surface area contributed by atoms with E-state index in [1.54, 1.807) is 0 Å². The van der Waals surface area contributed by atoms with Gasteiger partial charge < -0.3 is 14.8 Å². The van der Waals surface area contributed by atoms with Crippen molar-refractivity contribution in [2.24, 2.45) is 0 Å². The molecule has 0 aliphatic carbocycles. The van der Waals surface area contributed by atoms with Gasteiger partial charge in [-0.15, -0.1) is 0 Å². The number of fused-ring (bicyclic) bond motifs is 1. The molecule has 1 amide bonds. The van der Waals surface area contributed by atoms with Crippen LogP contribution in [0.15, 0.2) is 24.3 Å². The first kappa shape index (κ1) is 11.9. The molecule has 17 heavy (non-hydrogen) atoms. The van der Waals surface area contributed by atoms with Crippen LogP contribution in [0.5, 0.6) is 5.75 Å². The van der Waals surface area contributed by atoms with Crippen LogP contribution in [0, 0.1) is 0 Å². The van der Waals surface area contributed by atoms with Crippen molar-refractivity contribution < 1.29 is 14.3 Å². The Labute approximate surface area is 101 Å². The summed E-state index contributed by atoms with van der Waals surface area (Å²) >= 11 is 0. The predicted molar refractivity (Wildman–Crippen MR) is 63.9 cm³/mol. The average Bonchev–Trinajstić information content (AvgIpc) is 2.70. The lowest BCUT2D eigenvalue weighted by Crippen LogP contribution is -2.33. The molecule has 1 heterocycles. The van der Waals surface area contributed by atoms with Crippen LogP contribution in [0.3, 0.4) is 0 Å². The van der Waals surface area contributed by atoms with Crippen molar-refractivity contribution in [1.82, 2.24) is 5.32 Å². The van der Waals surface area contributed by atoms with Gasteiger partial charge >= 0.3 is 0 Å². The zero-order valence-corrected chi connectivity index (χ0v) is 10.1. The van der Waals surface area contributed by atoms with E-state index < -0.39 is 0 Å². The van der Waals surface area contributed by atoms with E-state index in [1.165, 1.54) is 0 Å². The van der Waals surface area contributed by atoms with E-state index in [-0.39, 0.29) is 24.7 Å². The van der Waals surface area contributed by atoms with Crippen molar-refractivity contribution in [2.75, 3.05) is 13.2 Å². The van der Waals surface area contributed by atoms with Gasteiger partial charge in [0.25, 0.3) is 0 Å². The van der Waals surface area contributed by atoms with Crippen molar-refractivity contribution >= 4 is 5.91 Å². The second-order valence-corrected chi connectivity index (χ2v) is 4.33. The van der Waals surface area contributed by atoms with Gasteiger partial charge in [-0.1, -0.05) is 18.2 Å². The molecule has 1 N–H and O–H groups in total. The van der Waals surface area contributed by atoms with E-state index in [0.717, 1.165) is 11.3 Å². The summed E-state index contributed by atoms with van der Waals surface area (Å²) in [6.07, 6.45) is 0.0628. The highest BCUT2D eigenvalue weighted by atomic mass is 16.5. The first-order valence-electron chi connectivity index (χ1n) is 5.79. The number of carbonyl (C=O) groups is 1. The maximum Gasteiger partial charge on any atom is 0.246 e. The third-order valence-electron chi connectivity index (χ3n) is 2.58. The van der Waals surface area contributed by atoms with E-state index in [0.29, 0.717) is 6.61 Å². The smallest absolute Gasteiger partial charge is 0.246 e. The molecule has 1 unspecified atom stereocenters. The first-order chi connectivity index (χ1) is 8.16. The largest absolute Gasteiger partial charge is 0.491 e. The van der Waals surface area contributed by atoms with Gasteiger partial charge in [-0.2, -0.15) is 0 Å². The Hall–Kier alpha value is -1.55. The van der Waals surface area contributed by atoms with Gasteiger partial charge in [0.2, 0.25) is 5.91 Å². The minimum atomic E-state index is -0.107. The fraction of sp³-hybridized carbons (Fsp3) is 0.462. The van der Waals surface area contributed by atoms with Crippen molar-refractivity contribution in [3.63, 3.8) is 0 Å². The topological polar surface area (TPSA) is 47.6 Å². The molecule has 4 heteroatoms. The third kappa shape index (κ3) is 2.97. The van der Waals surface area contributed by atoms with Crippen molar-refractivity contribution in [3.8, 4) is 5.75 Å². The standard InChI is InChI=1S/C13H17NO3/c1-9(2)16-8-13(15)14-11-7-17-12-6-4-3-5-10(11)12/h3-6,9,11H,7-8H2,1-2H3,(H,14,15). The Morgan fingerprint density at radius 2 is 2.29 bits per heavy atom. The quantitative estimate of drug-likeness (QED) is 0.863. The molecular formula is C13H17NO3. The fourth-order valence-corrected chi connectivity index (χ4v) is 1.76. The highest BCUT2D eigenvalue weighted by Gasteiger charge is 2.24. The number of nitrogens with one attached hydrogen (secondary N) is 1. The summed E-state index contributed by atoms with van der Waals surface area (Å²) in [4.78, 5) is 11.6. The van der Waals surface area contributed by atoms with Crippen LogP contribution >= 0.6 is 0 Å². The van der Waals surface area contributed by atoms with E-state index >= 15 is 0 Å². The Morgan fingerprint density at radius 1 is 1.53 bits per heavy atom. The minimum Gasteiger partial charge on any atom is -0.491 e. The molecule has 0 bridgehead atoms. The number of benzene rings is 1. The van der Waals surface area contributed by atoms with Gasteiger partial charge in [-0.3, -0.25) is 4.79 Å². The lowest BCUT2D eigenvalue weighted by Gasteiger charge is -2.13. The number of ether oxygens (including phenoxy) is 2. The maximum atomic E-state index is 11.6. The number of para-hydroxylation sites is 1. The normalized spacial score (nSPS) is 17.7. The number of amides is 1. The van der Waals surface area contributed by atoms with Crippen LogP contribution in [0.2, 0.25) is 0 Å². The molecule has 92 valence electrons. The lowest BCUT2D eigenvalue weighted by molar-refractivity contribution is -0.127. The number of carbonyl (C=O) groups excluding carboxylic acids is 1. The number of hydrogen-bond acceptors (Lipinski definition) is 3. The minimum absolute atomic E-state index is 0.0607. The molecule has 4 nitrogen and oxygen atoms in total. The summed E-state index contributed by atoms with van der Waals surface area (Å²) in [7, 11) is 0. The Kier molecular flexibility index (Phi) is 3.64. The summed E-state index contributed by atoms with van der Waals surface area (Å²) in [5, 5.41) is 2.90. The lowest BCUT2D eigenvalue weighted by atomic mass is 10.1. The van der Waals surface area contributed by atoms with Crippen LogP contribution in [0.25, 0.3) is 0 Å². The summed E-state index contributed by atoms with van der Waals surface area (Å²) in [5.74, 6) is 0.742. The first-order valence-corrected chi connectivity index (χ1v) is 5.79.